The van der Waals surface area contributed by atoms with Gasteiger partial charge in [0, 0.05) is 11.9 Å². The first-order valence-corrected chi connectivity index (χ1v) is 7.98. The smallest absolute Gasteiger partial charge is 0.227 e. The minimum absolute atomic E-state index is 0.0867. The highest BCUT2D eigenvalue weighted by atomic mass is 35.5. The van der Waals surface area contributed by atoms with Crippen LogP contribution in [0.4, 0.5) is 0 Å². The average Bonchev–Trinajstić information content (AvgIpc) is 2.86. The van der Waals surface area contributed by atoms with Crippen LogP contribution in [0.2, 0.25) is 4.34 Å². The fourth-order valence-electron chi connectivity index (χ4n) is 1.94. The highest BCUT2D eigenvalue weighted by Gasteiger charge is 2.11. The Morgan fingerprint density at radius 1 is 1.24 bits per heavy atom. The fraction of sp³-hybridized carbons (Fsp3) is 0.312. The first-order valence-electron chi connectivity index (χ1n) is 6.78. The van der Waals surface area contributed by atoms with Gasteiger partial charge in [-0.1, -0.05) is 23.7 Å². The van der Waals surface area contributed by atoms with Crippen molar-refractivity contribution >= 4 is 28.8 Å². The van der Waals surface area contributed by atoms with E-state index in [4.69, 9.17) is 16.3 Å². The van der Waals surface area contributed by atoms with Crippen LogP contribution in [0.15, 0.2) is 36.4 Å². The second-order valence-corrected chi connectivity index (χ2v) is 6.51. The number of ether oxygens (including phenoxy) is 1. The van der Waals surface area contributed by atoms with Crippen LogP contribution in [0.25, 0.3) is 0 Å². The van der Waals surface area contributed by atoms with E-state index in [0.717, 1.165) is 20.5 Å². The van der Waals surface area contributed by atoms with E-state index >= 15 is 0 Å². The molecule has 5 heteroatoms. The highest BCUT2D eigenvalue weighted by molar-refractivity contribution is 7.16. The van der Waals surface area contributed by atoms with Gasteiger partial charge in [0.25, 0.3) is 0 Å². The molecule has 1 heterocycles. The number of carbonyl (C=O) groups excluding carboxylic acids is 1. The highest BCUT2D eigenvalue weighted by Crippen LogP contribution is 2.22. The van der Waals surface area contributed by atoms with Gasteiger partial charge in [-0.25, -0.2) is 0 Å². The Hall–Kier alpha value is -1.52. The minimum atomic E-state index is 0.0867. The van der Waals surface area contributed by atoms with Crippen molar-refractivity contribution in [1.82, 2.24) is 4.90 Å². The lowest BCUT2D eigenvalue weighted by molar-refractivity contribution is -0.129. The standard InChI is InChI=1S/C16H18ClNO2S/c1-3-20-13-6-4-12(5-7-13)10-16(19)18(2)11-14-8-9-15(17)21-14/h4-9H,3,10-11H2,1-2H3. The van der Waals surface area contributed by atoms with Crippen LogP contribution in [-0.4, -0.2) is 24.5 Å². The van der Waals surface area contributed by atoms with Crippen LogP contribution < -0.4 is 4.74 Å². The van der Waals surface area contributed by atoms with Gasteiger partial charge in [0.2, 0.25) is 5.91 Å². The number of benzene rings is 1. The summed E-state index contributed by atoms with van der Waals surface area (Å²) in [6.07, 6.45) is 0.391. The normalized spacial score (nSPS) is 10.4. The summed E-state index contributed by atoms with van der Waals surface area (Å²) >= 11 is 7.40. The van der Waals surface area contributed by atoms with Gasteiger partial charge in [-0.2, -0.15) is 0 Å². The van der Waals surface area contributed by atoms with Crippen LogP contribution >= 0.6 is 22.9 Å². The van der Waals surface area contributed by atoms with E-state index in [2.05, 4.69) is 0 Å². The molecule has 0 spiro atoms. The van der Waals surface area contributed by atoms with Gasteiger partial charge in [0.1, 0.15) is 5.75 Å². The SMILES string of the molecule is CCOc1ccc(CC(=O)N(C)Cc2ccc(Cl)s2)cc1. The Labute approximate surface area is 134 Å². The Morgan fingerprint density at radius 3 is 2.52 bits per heavy atom. The van der Waals surface area contributed by atoms with Gasteiger partial charge >= 0.3 is 0 Å². The van der Waals surface area contributed by atoms with Crippen LogP contribution in [0.1, 0.15) is 17.4 Å². The molecule has 0 bridgehead atoms. The van der Waals surface area contributed by atoms with Crippen molar-refractivity contribution in [1.29, 1.82) is 0 Å². The number of halogens is 1. The quantitative estimate of drug-likeness (QED) is 0.804. The zero-order chi connectivity index (χ0) is 15.2. The summed E-state index contributed by atoms with van der Waals surface area (Å²) in [4.78, 5) is 15.0. The van der Waals surface area contributed by atoms with E-state index < -0.39 is 0 Å². The van der Waals surface area contributed by atoms with E-state index in [9.17, 15) is 4.79 Å². The molecule has 0 atom stereocenters. The summed E-state index contributed by atoms with van der Waals surface area (Å²) < 4.78 is 6.14. The lowest BCUT2D eigenvalue weighted by Crippen LogP contribution is -2.27. The predicted molar refractivity (Wildman–Crippen MR) is 87.1 cm³/mol. The number of amides is 1. The molecule has 1 aromatic heterocycles. The zero-order valence-corrected chi connectivity index (χ0v) is 13.7. The number of thiophene rings is 1. The van der Waals surface area contributed by atoms with Gasteiger partial charge in [0.05, 0.1) is 23.9 Å². The third kappa shape index (κ3) is 4.76. The first-order chi connectivity index (χ1) is 10.1. The topological polar surface area (TPSA) is 29.5 Å². The summed E-state index contributed by atoms with van der Waals surface area (Å²) in [7, 11) is 1.81. The van der Waals surface area contributed by atoms with E-state index in [-0.39, 0.29) is 5.91 Å². The third-order valence-electron chi connectivity index (χ3n) is 3.04. The summed E-state index contributed by atoms with van der Waals surface area (Å²) in [5.41, 5.74) is 0.986. The largest absolute Gasteiger partial charge is 0.494 e. The van der Waals surface area contributed by atoms with Gasteiger partial charge in [-0.05, 0) is 36.8 Å². The van der Waals surface area contributed by atoms with Crippen molar-refractivity contribution in [2.45, 2.75) is 19.9 Å². The van der Waals surface area contributed by atoms with Crippen molar-refractivity contribution in [3.63, 3.8) is 0 Å². The molecule has 0 unspecified atom stereocenters. The van der Waals surface area contributed by atoms with Gasteiger partial charge < -0.3 is 9.64 Å². The molecular formula is C16H18ClNO2S. The molecule has 0 radical (unpaired) electrons. The molecule has 0 aliphatic heterocycles. The Balaban J connectivity index is 1.90. The molecule has 0 fully saturated rings. The monoisotopic (exact) mass is 323 g/mol. The maximum absolute atomic E-state index is 12.2. The maximum Gasteiger partial charge on any atom is 0.227 e. The Bertz CT molecular complexity index is 595. The lowest BCUT2D eigenvalue weighted by atomic mass is 10.1. The molecule has 0 aliphatic carbocycles. The number of hydrogen-bond donors (Lipinski definition) is 0. The summed E-state index contributed by atoms with van der Waals surface area (Å²) in [5, 5.41) is 0. The van der Waals surface area contributed by atoms with Crippen molar-refractivity contribution in [3.8, 4) is 5.75 Å². The molecule has 21 heavy (non-hydrogen) atoms. The van der Waals surface area contributed by atoms with E-state index in [1.807, 2.05) is 50.4 Å². The molecule has 0 saturated carbocycles. The Kier molecular flexibility index (Phi) is 5.65. The van der Waals surface area contributed by atoms with Crippen LogP contribution in [0.5, 0.6) is 5.75 Å². The maximum atomic E-state index is 12.2. The van der Waals surface area contributed by atoms with Crippen molar-refractivity contribution < 1.29 is 9.53 Å². The van der Waals surface area contributed by atoms with Crippen molar-refractivity contribution in [3.05, 3.63) is 51.2 Å². The van der Waals surface area contributed by atoms with E-state index in [1.165, 1.54) is 11.3 Å². The Morgan fingerprint density at radius 2 is 1.95 bits per heavy atom. The molecular weight excluding hydrogens is 306 g/mol. The fourth-order valence-corrected chi connectivity index (χ4v) is 3.08. The first kappa shape index (κ1) is 15.9. The number of nitrogens with zero attached hydrogens (tertiary/aromatic N) is 1. The zero-order valence-electron chi connectivity index (χ0n) is 12.1. The number of hydrogen-bond acceptors (Lipinski definition) is 3. The molecule has 0 saturated heterocycles. The third-order valence-corrected chi connectivity index (χ3v) is 4.25. The second kappa shape index (κ2) is 7.48. The number of likely N-dealkylation sites (N-methyl/N-ethyl adjacent to an activating group) is 1. The van der Waals surface area contributed by atoms with Crippen LogP contribution in [-0.2, 0) is 17.8 Å². The van der Waals surface area contributed by atoms with Crippen molar-refractivity contribution in [2.24, 2.45) is 0 Å². The molecule has 1 aromatic carbocycles. The van der Waals surface area contributed by atoms with Crippen molar-refractivity contribution in [2.75, 3.05) is 13.7 Å². The van der Waals surface area contributed by atoms with E-state index in [1.54, 1.807) is 4.90 Å². The summed E-state index contributed by atoms with van der Waals surface area (Å²) in [6, 6.07) is 11.5. The second-order valence-electron chi connectivity index (χ2n) is 4.71. The minimum Gasteiger partial charge on any atom is -0.494 e. The molecule has 112 valence electrons. The lowest BCUT2D eigenvalue weighted by Gasteiger charge is -2.16. The van der Waals surface area contributed by atoms with Crippen LogP contribution in [0, 0.1) is 0 Å². The number of rotatable bonds is 6. The van der Waals surface area contributed by atoms with Gasteiger partial charge in [-0.15, -0.1) is 11.3 Å². The predicted octanol–water partition coefficient (Wildman–Crippen LogP) is 4.00. The van der Waals surface area contributed by atoms with Gasteiger partial charge in [-0.3, -0.25) is 4.79 Å². The molecule has 2 rings (SSSR count). The molecule has 2 aromatic rings. The van der Waals surface area contributed by atoms with Crippen LogP contribution in [0.3, 0.4) is 0 Å². The summed E-state index contributed by atoms with van der Waals surface area (Å²) in [5.74, 6) is 0.916. The average molecular weight is 324 g/mol. The van der Waals surface area contributed by atoms with Gasteiger partial charge in [0.15, 0.2) is 0 Å². The molecule has 0 N–H and O–H groups in total. The summed E-state index contributed by atoms with van der Waals surface area (Å²) in [6.45, 7) is 3.18. The van der Waals surface area contributed by atoms with E-state index in [0.29, 0.717) is 19.6 Å². The molecule has 1 amide bonds. The number of carbonyl (C=O) groups is 1. The molecule has 0 aliphatic rings. The molecule has 3 nitrogen and oxygen atoms in total.